The summed E-state index contributed by atoms with van der Waals surface area (Å²) in [6.45, 7) is 0. The molecule has 0 N–H and O–H groups in total. The molecule has 0 aliphatic heterocycles. The van der Waals surface area contributed by atoms with Gasteiger partial charge in [0, 0.05) is 12.1 Å². The van der Waals surface area contributed by atoms with Crippen LogP contribution in [0.1, 0.15) is 0 Å². The van der Waals surface area contributed by atoms with Crippen LogP contribution in [0.2, 0.25) is 0 Å². The molecule has 0 saturated carbocycles. The van der Waals surface area contributed by atoms with Crippen molar-refractivity contribution in [3.8, 4) is 11.4 Å². The van der Waals surface area contributed by atoms with Crippen LogP contribution in [0.25, 0.3) is 16.6 Å². The number of fused-ring (bicyclic) bond motifs is 1. The molecule has 100 valence electrons. The number of methoxy groups -OCH3 is 1. The van der Waals surface area contributed by atoms with E-state index in [0.717, 1.165) is 22.3 Å². The molecule has 0 aliphatic carbocycles. The van der Waals surface area contributed by atoms with E-state index in [9.17, 15) is 10.1 Å². The molecular formula is C14H11N3O3. The van der Waals surface area contributed by atoms with Crippen molar-refractivity contribution >= 4 is 16.6 Å². The molecule has 0 fully saturated rings. The minimum atomic E-state index is -0.423. The summed E-state index contributed by atoms with van der Waals surface area (Å²) in [5.41, 5.74) is 1.71. The molecule has 0 radical (unpaired) electrons. The molecule has 1 aromatic heterocycles. The SMILES string of the molecule is COc1cccc2c1cnn2-c1ccc([N+](=O)[O-])cc1. The predicted octanol–water partition coefficient (Wildman–Crippen LogP) is 2.94. The van der Waals surface area contributed by atoms with Crippen LogP contribution in [0.4, 0.5) is 5.69 Å². The number of nitro groups is 1. The Balaban J connectivity index is 2.12. The molecule has 0 bridgehead atoms. The zero-order valence-electron chi connectivity index (χ0n) is 10.7. The lowest BCUT2D eigenvalue weighted by molar-refractivity contribution is -0.384. The molecule has 0 spiro atoms. The molecule has 0 saturated heterocycles. The fourth-order valence-corrected chi connectivity index (χ4v) is 2.12. The molecule has 1 heterocycles. The third-order valence-corrected chi connectivity index (χ3v) is 3.10. The van der Waals surface area contributed by atoms with Crippen LogP contribution in [0.3, 0.4) is 0 Å². The van der Waals surface area contributed by atoms with Crippen molar-refractivity contribution in [2.24, 2.45) is 0 Å². The summed E-state index contributed by atoms with van der Waals surface area (Å²) in [4.78, 5) is 10.2. The van der Waals surface area contributed by atoms with Gasteiger partial charge in [0.05, 0.1) is 34.8 Å². The Morgan fingerprint density at radius 1 is 1.20 bits per heavy atom. The maximum atomic E-state index is 10.7. The van der Waals surface area contributed by atoms with Crippen LogP contribution >= 0.6 is 0 Å². The molecule has 0 unspecified atom stereocenters. The summed E-state index contributed by atoms with van der Waals surface area (Å²) in [5, 5.41) is 15.9. The van der Waals surface area contributed by atoms with E-state index in [1.807, 2.05) is 18.2 Å². The van der Waals surface area contributed by atoms with Gasteiger partial charge in [-0.15, -0.1) is 0 Å². The summed E-state index contributed by atoms with van der Waals surface area (Å²) in [6.07, 6.45) is 1.72. The molecule has 0 amide bonds. The van der Waals surface area contributed by atoms with Crippen molar-refractivity contribution in [1.29, 1.82) is 0 Å². The van der Waals surface area contributed by atoms with Crippen LogP contribution in [-0.2, 0) is 0 Å². The minimum absolute atomic E-state index is 0.0581. The van der Waals surface area contributed by atoms with E-state index in [1.54, 1.807) is 30.1 Å². The van der Waals surface area contributed by atoms with Gasteiger partial charge in [0.25, 0.3) is 5.69 Å². The van der Waals surface area contributed by atoms with Crippen LogP contribution in [0.5, 0.6) is 5.75 Å². The lowest BCUT2D eigenvalue weighted by Gasteiger charge is -2.04. The molecular weight excluding hydrogens is 258 g/mol. The minimum Gasteiger partial charge on any atom is -0.496 e. The van der Waals surface area contributed by atoms with Gasteiger partial charge in [-0.3, -0.25) is 10.1 Å². The second-order valence-corrected chi connectivity index (χ2v) is 4.22. The summed E-state index contributed by atoms with van der Waals surface area (Å²) >= 11 is 0. The van der Waals surface area contributed by atoms with Crippen LogP contribution in [0.15, 0.2) is 48.7 Å². The Morgan fingerprint density at radius 2 is 1.95 bits per heavy atom. The summed E-state index contributed by atoms with van der Waals surface area (Å²) < 4.78 is 7.01. The van der Waals surface area contributed by atoms with E-state index in [0.29, 0.717) is 0 Å². The fraction of sp³-hybridized carbons (Fsp3) is 0.0714. The first-order valence-corrected chi connectivity index (χ1v) is 5.96. The Labute approximate surface area is 114 Å². The normalized spacial score (nSPS) is 10.7. The van der Waals surface area contributed by atoms with Crippen molar-refractivity contribution in [2.75, 3.05) is 7.11 Å². The highest BCUT2D eigenvalue weighted by Crippen LogP contribution is 2.27. The fourth-order valence-electron chi connectivity index (χ4n) is 2.12. The number of non-ortho nitro benzene ring substituents is 1. The van der Waals surface area contributed by atoms with Gasteiger partial charge in [0.1, 0.15) is 5.75 Å². The van der Waals surface area contributed by atoms with Gasteiger partial charge >= 0.3 is 0 Å². The van der Waals surface area contributed by atoms with Gasteiger partial charge in [0.2, 0.25) is 0 Å². The van der Waals surface area contributed by atoms with Crippen LogP contribution in [0, 0.1) is 10.1 Å². The van der Waals surface area contributed by atoms with Crippen molar-refractivity contribution in [3.05, 3.63) is 58.8 Å². The number of nitro benzene ring substituents is 1. The Kier molecular flexibility index (Phi) is 2.83. The van der Waals surface area contributed by atoms with Gasteiger partial charge < -0.3 is 4.74 Å². The number of aromatic nitrogens is 2. The highest BCUT2D eigenvalue weighted by Gasteiger charge is 2.10. The van der Waals surface area contributed by atoms with Gasteiger partial charge in [-0.2, -0.15) is 5.10 Å². The average Bonchev–Trinajstić information content (AvgIpc) is 2.91. The number of ether oxygens (including phenoxy) is 1. The quantitative estimate of drug-likeness (QED) is 0.541. The van der Waals surface area contributed by atoms with Crippen molar-refractivity contribution in [1.82, 2.24) is 9.78 Å². The van der Waals surface area contributed by atoms with E-state index >= 15 is 0 Å². The second-order valence-electron chi connectivity index (χ2n) is 4.22. The summed E-state index contributed by atoms with van der Waals surface area (Å²) in [7, 11) is 1.61. The largest absolute Gasteiger partial charge is 0.496 e. The van der Waals surface area contributed by atoms with E-state index in [1.165, 1.54) is 12.1 Å². The summed E-state index contributed by atoms with van der Waals surface area (Å²) in [5.74, 6) is 0.746. The molecule has 3 rings (SSSR count). The zero-order chi connectivity index (χ0) is 14.1. The van der Waals surface area contributed by atoms with Gasteiger partial charge in [-0.05, 0) is 24.3 Å². The van der Waals surface area contributed by atoms with E-state index < -0.39 is 4.92 Å². The van der Waals surface area contributed by atoms with Crippen molar-refractivity contribution in [2.45, 2.75) is 0 Å². The number of nitrogens with zero attached hydrogens (tertiary/aromatic N) is 3. The van der Waals surface area contributed by atoms with Crippen LogP contribution in [-0.4, -0.2) is 21.8 Å². The first-order chi connectivity index (χ1) is 9.70. The molecule has 3 aromatic rings. The maximum Gasteiger partial charge on any atom is 0.269 e. The van der Waals surface area contributed by atoms with E-state index in [2.05, 4.69) is 5.10 Å². The molecule has 0 aliphatic rings. The monoisotopic (exact) mass is 269 g/mol. The smallest absolute Gasteiger partial charge is 0.269 e. The third kappa shape index (κ3) is 1.87. The third-order valence-electron chi connectivity index (χ3n) is 3.10. The Hall–Kier alpha value is -2.89. The first-order valence-electron chi connectivity index (χ1n) is 5.96. The molecule has 20 heavy (non-hydrogen) atoms. The van der Waals surface area contributed by atoms with E-state index in [-0.39, 0.29) is 5.69 Å². The summed E-state index contributed by atoms with van der Waals surface area (Å²) in [6, 6.07) is 11.9. The molecule has 2 aromatic carbocycles. The Morgan fingerprint density at radius 3 is 2.60 bits per heavy atom. The Bertz CT molecular complexity index is 778. The highest BCUT2D eigenvalue weighted by atomic mass is 16.6. The molecule has 6 heteroatoms. The number of benzene rings is 2. The highest BCUT2D eigenvalue weighted by molar-refractivity contribution is 5.86. The number of rotatable bonds is 3. The zero-order valence-corrected chi connectivity index (χ0v) is 10.7. The van der Waals surface area contributed by atoms with Crippen molar-refractivity contribution in [3.63, 3.8) is 0 Å². The van der Waals surface area contributed by atoms with Gasteiger partial charge in [0.15, 0.2) is 0 Å². The topological polar surface area (TPSA) is 70.2 Å². The van der Waals surface area contributed by atoms with Crippen LogP contribution < -0.4 is 4.74 Å². The molecule has 6 nitrogen and oxygen atoms in total. The standard InChI is InChI=1S/C14H11N3O3/c1-20-14-4-2-3-13-12(14)9-15-16(13)10-5-7-11(8-6-10)17(18)19/h2-9H,1H3. The van der Waals surface area contributed by atoms with Gasteiger partial charge in [-0.1, -0.05) is 6.07 Å². The number of hydrogen-bond acceptors (Lipinski definition) is 4. The lowest BCUT2D eigenvalue weighted by atomic mass is 10.2. The maximum absolute atomic E-state index is 10.7. The first kappa shape index (κ1) is 12.2. The lowest BCUT2D eigenvalue weighted by Crippen LogP contribution is -1.96. The van der Waals surface area contributed by atoms with Crippen molar-refractivity contribution < 1.29 is 9.66 Å². The second kappa shape index (κ2) is 4.65. The molecule has 0 atom stereocenters. The average molecular weight is 269 g/mol. The number of hydrogen-bond donors (Lipinski definition) is 0. The predicted molar refractivity (Wildman–Crippen MR) is 74.3 cm³/mol. The van der Waals surface area contributed by atoms with E-state index in [4.69, 9.17) is 4.74 Å². The van der Waals surface area contributed by atoms with Gasteiger partial charge in [-0.25, -0.2) is 4.68 Å².